The van der Waals surface area contributed by atoms with Crippen molar-refractivity contribution in [1.29, 1.82) is 0 Å². The molecule has 0 spiro atoms. The Balaban J connectivity index is 1.81. The average molecular weight is 451 g/mol. The molecule has 4 aromatic carbocycles. The van der Waals surface area contributed by atoms with E-state index in [0.29, 0.717) is 0 Å². The molecule has 5 rings (SSSR count). The van der Waals surface area contributed by atoms with Crippen molar-refractivity contribution in [2.24, 2.45) is 4.74 Å². The van der Waals surface area contributed by atoms with Crippen molar-refractivity contribution >= 4 is 35.5 Å². The molecule has 0 atom stereocenters. The van der Waals surface area contributed by atoms with Gasteiger partial charge in [-0.15, -0.1) is 0 Å². The standard InChI is InChI=1S/C28H27BNO2P/c1-28(2,3)30-33(22-14-6-4-7-15-22,23-16-8-5-9-17-23)27-21-13-10-18-24(27)29-31-25-19-11-12-20-26(25)32-29/h4-21H,1-3H3. The first-order chi connectivity index (χ1) is 16.0. The minimum Gasteiger partial charge on any atom is -0.519 e. The second-order valence-corrected chi connectivity index (χ2v) is 12.1. The third-order valence-electron chi connectivity index (χ3n) is 5.57. The van der Waals surface area contributed by atoms with Gasteiger partial charge in [-0.1, -0.05) is 97.1 Å². The van der Waals surface area contributed by atoms with Crippen LogP contribution in [0.2, 0.25) is 0 Å². The monoisotopic (exact) mass is 451 g/mol. The molecule has 0 fully saturated rings. The van der Waals surface area contributed by atoms with Gasteiger partial charge in [0.2, 0.25) is 0 Å². The predicted molar refractivity (Wildman–Crippen MR) is 140 cm³/mol. The minimum absolute atomic E-state index is 0.257. The Bertz CT molecular complexity index is 1250. The van der Waals surface area contributed by atoms with Crippen molar-refractivity contribution in [3.05, 3.63) is 109 Å². The Morgan fingerprint density at radius 1 is 0.606 bits per heavy atom. The Labute approximate surface area is 196 Å². The molecule has 1 heterocycles. The second-order valence-electron chi connectivity index (χ2n) is 9.15. The molecule has 4 aromatic rings. The van der Waals surface area contributed by atoms with Gasteiger partial charge in [0, 0.05) is 21.4 Å². The third-order valence-corrected chi connectivity index (χ3v) is 9.66. The van der Waals surface area contributed by atoms with E-state index in [2.05, 4.69) is 106 Å². The molecule has 0 N–H and O–H groups in total. The van der Waals surface area contributed by atoms with E-state index in [1.54, 1.807) is 0 Å². The maximum absolute atomic E-state index is 6.28. The van der Waals surface area contributed by atoms with E-state index in [-0.39, 0.29) is 5.54 Å². The van der Waals surface area contributed by atoms with Crippen LogP contribution in [0, 0.1) is 0 Å². The summed E-state index contributed by atoms with van der Waals surface area (Å²) in [6.07, 6.45) is 0. The Morgan fingerprint density at radius 3 is 1.58 bits per heavy atom. The maximum Gasteiger partial charge on any atom is 0.633 e. The zero-order valence-electron chi connectivity index (χ0n) is 19.2. The summed E-state index contributed by atoms with van der Waals surface area (Å²) in [5, 5.41) is 3.60. The van der Waals surface area contributed by atoms with Gasteiger partial charge in [-0.25, -0.2) is 0 Å². The smallest absolute Gasteiger partial charge is 0.519 e. The van der Waals surface area contributed by atoms with E-state index in [4.69, 9.17) is 14.1 Å². The van der Waals surface area contributed by atoms with Crippen molar-refractivity contribution in [3.8, 4) is 11.5 Å². The lowest BCUT2D eigenvalue weighted by Crippen LogP contribution is -2.49. The van der Waals surface area contributed by atoms with Crippen LogP contribution in [0.1, 0.15) is 20.8 Å². The van der Waals surface area contributed by atoms with Crippen molar-refractivity contribution in [3.63, 3.8) is 0 Å². The molecule has 3 nitrogen and oxygen atoms in total. The van der Waals surface area contributed by atoms with E-state index < -0.39 is 14.2 Å². The highest BCUT2D eigenvalue weighted by atomic mass is 31.2. The largest absolute Gasteiger partial charge is 0.633 e. The molecular weight excluding hydrogens is 424 g/mol. The van der Waals surface area contributed by atoms with Crippen molar-refractivity contribution in [2.75, 3.05) is 0 Å². The highest BCUT2D eigenvalue weighted by Gasteiger charge is 2.40. The highest BCUT2D eigenvalue weighted by molar-refractivity contribution is 7.87. The van der Waals surface area contributed by atoms with Crippen LogP contribution in [0.25, 0.3) is 0 Å². The lowest BCUT2D eigenvalue weighted by atomic mass is 9.79. The predicted octanol–water partition coefficient (Wildman–Crippen LogP) is 5.13. The molecule has 0 saturated carbocycles. The van der Waals surface area contributed by atoms with Gasteiger partial charge >= 0.3 is 7.12 Å². The summed E-state index contributed by atoms with van der Waals surface area (Å²) < 4.78 is 18.2. The van der Waals surface area contributed by atoms with E-state index in [1.807, 2.05) is 24.3 Å². The fourth-order valence-corrected chi connectivity index (χ4v) is 8.50. The van der Waals surface area contributed by atoms with Crippen LogP contribution in [-0.4, -0.2) is 12.7 Å². The van der Waals surface area contributed by atoms with E-state index in [1.165, 1.54) is 10.6 Å². The SMILES string of the molecule is CC(C)(C)N=P(c1ccccc1)(c1ccccc1)c1ccccc1B1Oc2ccccc2O1. The summed E-state index contributed by atoms with van der Waals surface area (Å²) in [4.78, 5) is 0. The fourth-order valence-electron chi connectivity index (χ4n) is 4.34. The van der Waals surface area contributed by atoms with Crippen LogP contribution in [0.3, 0.4) is 0 Å². The number of para-hydroxylation sites is 2. The first-order valence-electron chi connectivity index (χ1n) is 11.2. The van der Waals surface area contributed by atoms with Gasteiger partial charge in [0.1, 0.15) is 11.5 Å². The molecule has 0 bridgehead atoms. The van der Waals surface area contributed by atoms with Gasteiger partial charge in [-0.3, -0.25) is 4.74 Å². The second kappa shape index (κ2) is 8.61. The zero-order chi connectivity index (χ0) is 22.9. The van der Waals surface area contributed by atoms with Gasteiger partial charge < -0.3 is 9.31 Å². The molecule has 0 aromatic heterocycles. The summed E-state index contributed by atoms with van der Waals surface area (Å²) in [5.74, 6) is 1.54. The first kappa shape index (κ1) is 21.6. The van der Waals surface area contributed by atoms with E-state index >= 15 is 0 Å². The number of hydrogen-bond donors (Lipinski definition) is 0. The van der Waals surface area contributed by atoms with Crippen molar-refractivity contribution < 1.29 is 9.31 Å². The van der Waals surface area contributed by atoms with Gasteiger partial charge in [-0.05, 0) is 32.9 Å². The molecule has 164 valence electrons. The van der Waals surface area contributed by atoms with Crippen LogP contribution in [0.5, 0.6) is 11.5 Å². The van der Waals surface area contributed by atoms with Gasteiger partial charge in [0.15, 0.2) is 0 Å². The van der Waals surface area contributed by atoms with Crippen LogP contribution >= 0.6 is 7.05 Å². The number of benzene rings is 4. The number of rotatable bonds is 4. The summed E-state index contributed by atoms with van der Waals surface area (Å²) in [6.45, 7) is 6.53. The van der Waals surface area contributed by atoms with E-state index in [9.17, 15) is 0 Å². The third kappa shape index (κ3) is 4.12. The Hall–Kier alpha value is -3.23. The molecule has 0 radical (unpaired) electrons. The Morgan fingerprint density at radius 2 is 1.06 bits per heavy atom. The normalized spacial score (nSPS) is 13.1. The first-order valence-corrected chi connectivity index (χ1v) is 13.0. The average Bonchev–Trinajstić information content (AvgIpc) is 3.27. The minimum atomic E-state index is -2.40. The summed E-state index contributed by atoms with van der Waals surface area (Å²) >= 11 is 0. The molecule has 0 unspecified atom stereocenters. The van der Waals surface area contributed by atoms with E-state index in [0.717, 1.165) is 22.3 Å². The summed E-state index contributed by atoms with van der Waals surface area (Å²) in [5.41, 5.74) is 0.759. The molecule has 1 aliphatic rings. The molecular formula is C28H27BNO2P. The van der Waals surface area contributed by atoms with Gasteiger partial charge in [-0.2, -0.15) is 0 Å². The van der Waals surface area contributed by atoms with Crippen LogP contribution in [0.4, 0.5) is 0 Å². The molecule has 5 heteroatoms. The summed E-state index contributed by atoms with van der Waals surface area (Å²) in [7, 11) is -2.91. The number of nitrogens with zero attached hydrogens (tertiary/aromatic N) is 1. The van der Waals surface area contributed by atoms with Crippen molar-refractivity contribution in [1.82, 2.24) is 0 Å². The lowest BCUT2D eigenvalue weighted by molar-refractivity contribution is 0.519. The van der Waals surface area contributed by atoms with Crippen LogP contribution in [-0.2, 0) is 0 Å². The molecule has 1 aliphatic heterocycles. The Kier molecular flexibility index (Phi) is 5.64. The fraction of sp³-hybridized carbons (Fsp3) is 0.143. The lowest BCUT2D eigenvalue weighted by Gasteiger charge is -2.32. The number of hydrogen-bond acceptors (Lipinski definition) is 3. The summed E-state index contributed by atoms with van der Waals surface area (Å²) in [6, 6.07) is 37.7. The van der Waals surface area contributed by atoms with Crippen LogP contribution in [0.15, 0.2) is 114 Å². The quantitative estimate of drug-likeness (QED) is 0.318. The number of fused-ring (bicyclic) bond motifs is 1. The molecule has 33 heavy (non-hydrogen) atoms. The highest BCUT2D eigenvalue weighted by Crippen LogP contribution is 2.48. The molecule has 0 amide bonds. The zero-order valence-corrected chi connectivity index (χ0v) is 20.1. The molecule has 0 aliphatic carbocycles. The maximum atomic E-state index is 6.28. The van der Waals surface area contributed by atoms with Gasteiger partial charge in [0.25, 0.3) is 0 Å². The van der Waals surface area contributed by atoms with Gasteiger partial charge in [0.05, 0.1) is 12.6 Å². The molecule has 0 saturated heterocycles. The topological polar surface area (TPSA) is 30.8 Å². The van der Waals surface area contributed by atoms with Crippen molar-refractivity contribution in [2.45, 2.75) is 26.3 Å². The van der Waals surface area contributed by atoms with Crippen LogP contribution < -0.4 is 30.7 Å².